The molecule has 7 heteroatoms. The van der Waals surface area contributed by atoms with Gasteiger partial charge in [0.25, 0.3) is 0 Å². The van der Waals surface area contributed by atoms with Crippen molar-refractivity contribution in [2.24, 2.45) is 5.92 Å². The number of nitrogens with one attached hydrogen (secondary N) is 1. The second-order valence-corrected chi connectivity index (χ2v) is 7.86. The first-order chi connectivity index (χ1) is 14.2. The zero-order chi connectivity index (χ0) is 20.2. The van der Waals surface area contributed by atoms with E-state index in [4.69, 9.17) is 4.74 Å². The van der Waals surface area contributed by atoms with Crippen LogP contribution in [0.2, 0.25) is 0 Å². The number of carbonyl (C=O) groups is 1. The number of nitrogens with zero attached hydrogens (tertiary/aromatic N) is 4. The van der Waals surface area contributed by atoms with Crippen LogP contribution in [0.4, 0.5) is 17.2 Å². The molecule has 2 fully saturated rings. The maximum Gasteiger partial charge on any atom is 0.227 e. The highest BCUT2D eigenvalue weighted by Crippen LogP contribution is 2.32. The number of ether oxygens (including phenoxy) is 1. The molecule has 0 atom stereocenters. The number of carbonyl (C=O) groups excluding carboxylic acids is 1. The lowest BCUT2D eigenvalue weighted by Crippen LogP contribution is -2.39. The Morgan fingerprint density at radius 3 is 2.59 bits per heavy atom. The molecule has 29 heavy (non-hydrogen) atoms. The van der Waals surface area contributed by atoms with Gasteiger partial charge in [0.2, 0.25) is 5.91 Å². The van der Waals surface area contributed by atoms with Gasteiger partial charge in [-0.25, -0.2) is 9.97 Å². The highest BCUT2D eigenvalue weighted by atomic mass is 16.5. The normalized spacial score (nSPS) is 17.4. The number of amides is 1. The Bertz CT molecular complexity index is 858. The molecule has 154 valence electrons. The van der Waals surface area contributed by atoms with Crippen molar-refractivity contribution in [2.75, 3.05) is 48.4 Å². The van der Waals surface area contributed by atoms with Crippen molar-refractivity contribution in [1.29, 1.82) is 0 Å². The number of hydrogen-bond donors (Lipinski definition) is 1. The Morgan fingerprint density at radius 2 is 1.90 bits per heavy atom. The number of aryl methyl sites for hydroxylation is 1. The van der Waals surface area contributed by atoms with Crippen LogP contribution < -0.4 is 19.9 Å². The number of benzene rings is 1. The number of rotatable bonds is 5. The van der Waals surface area contributed by atoms with Crippen molar-refractivity contribution in [1.82, 2.24) is 9.97 Å². The molecular formula is C22H29N5O2. The van der Waals surface area contributed by atoms with Crippen LogP contribution in [0.15, 0.2) is 30.7 Å². The van der Waals surface area contributed by atoms with Crippen LogP contribution in [0.5, 0.6) is 5.75 Å². The average molecular weight is 396 g/mol. The molecule has 2 saturated heterocycles. The lowest BCUT2D eigenvalue weighted by Gasteiger charge is -2.34. The fourth-order valence-corrected chi connectivity index (χ4v) is 4.23. The Balaban J connectivity index is 1.38. The van der Waals surface area contributed by atoms with Crippen LogP contribution >= 0.6 is 0 Å². The summed E-state index contributed by atoms with van der Waals surface area (Å²) in [4.78, 5) is 26.3. The number of methoxy groups -OCH3 is 1. The molecule has 3 heterocycles. The molecule has 1 N–H and O–H groups in total. The van der Waals surface area contributed by atoms with Gasteiger partial charge in [0.1, 0.15) is 12.1 Å². The van der Waals surface area contributed by atoms with Crippen LogP contribution in [-0.4, -0.2) is 49.2 Å². The molecule has 2 aromatic rings. The van der Waals surface area contributed by atoms with Gasteiger partial charge in [-0.05, 0) is 56.4 Å². The molecule has 0 spiro atoms. The standard InChI is InChI=1S/C22H29N5O2/c1-16-13-18(29-2)5-6-19(16)25-22(28)17-7-11-26(12-8-17)20-14-23-15-24-21(20)27-9-3-4-10-27/h5-6,13-15,17H,3-4,7-12H2,1-2H3,(H,25,28). The molecule has 0 unspecified atom stereocenters. The summed E-state index contributed by atoms with van der Waals surface area (Å²) in [6.07, 6.45) is 7.65. The minimum Gasteiger partial charge on any atom is -0.497 e. The van der Waals surface area contributed by atoms with E-state index in [1.54, 1.807) is 13.4 Å². The molecule has 0 aliphatic carbocycles. The molecule has 0 saturated carbocycles. The summed E-state index contributed by atoms with van der Waals surface area (Å²) in [6.45, 7) is 5.78. The van der Waals surface area contributed by atoms with E-state index in [1.165, 1.54) is 12.8 Å². The zero-order valence-electron chi connectivity index (χ0n) is 17.2. The van der Waals surface area contributed by atoms with Crippen LogP contribution in [0.1, 0.15) is 31.2 Å². The Morgan fingerprint density at radius 1 is 1.14 bits per heavy atom. The third kappa shape index (κ3) is 4.28. The first-order valence-electron chi connectivity index (χ1n) is 10.4. The molecule has 1 aromatic carbocycles. The Labute approximate surface area is 172 Å². The van der Waals surface area contributed by atoms with E-state index in [0.717, 1.165) is 67.5 Å². The Kier molecular flexibility index (Phi) is 5.83. The van der Waals surface area contributed by atoms with Crippen LogP contribution in [0, 0.1) is 12.8 Å². The maximum atomic E-state index is 12.8. The minimum atomic E-state index is 0.0209. The van der Waals surface area contributed by atoms with Gasteiger partial charge in [0.05, 0.1) is 19.0 Å². The van der Waals surface area contributed by atoms with E-state index >= 15 is 0 Å². The maximum absolute atomic E-state index is 12.8. The Hall–Kier alpha value is -2.83. The van der Waals surface area contributed by atoms with Gasteiger partial charge in [0, 0.05) is 37.8 Å². The number of piperidine rings is 1. The van der Waals surface area contributed by atoms with E-state index in [1.807, 2.05) is 31.3 Å². The summed E-state index contributed by atoms with van der Waals surface area (Å²) >= 11 is 0. The second-order valence-electron chi connectivity index (χ2n) is 7.86. The predicted molar refractivity (Wildman–Crippen MR) is 115 cm³/mol. The second kappa shape index (κ2) is 8.68. The summed E-state index contributed by atoms with van der Waals surface area (Å²) in [7, 11) is 1.65. The highest BCUT2D eigenvalue weighted by molar-refractivity contribution is 5.93. The molecule has 4 rings (SSSR count). The molecule has 2 aliphatic heterocycles. The topological polar surface area (TPSA) is 70.6 Å². The molecule has 1 amide bonds. The van der Waals surface area contributed by atoms with E-state index < -0.39 is 0 Å². The van der Waals surface area contributed by atoms with Gasteiger partial charge < -0.3 is 19.9 Å². The van der Waals surface area contributed by atoms with Crippen molar-refractivity contribution in [3.63, 3.8) is 0 Å². The molecule has 0 radical (unpaired) electrons. The smallest absolute Gasteiger partial charge is 0.227 e. The van der Waals surface area contributed by atoms with E-state index in [-0.39, 0.29) is 11.8 Å². The molecule has 2 aliphatic rings. The quantitative estimate of drug-likeness (QED) is 0.838. The number of aromatic nitrogens is 2. The summed E-state index contributed by atoms with van der Waals surface area (Å²) in [5.41, 5.74) is 2.96. The summed E-state index contributed by atoms with van der Waals surface area (Å²) in [6, 6.07) is 5.72. The van der Waals surface area contributed by atoms with Crippen LogP contribution in [0.3, 0.4) is 0 Å². The van der Waals surface area contributed by atoms with Crippen molar-refractivity contribution < 1.29 is 9.53 Å². The fourth-order valence-electron chi connectivity index (χ4n) is 4.23. The van der Waals surface area contributed by atoms with Crippen molar-refractivity contribution >= 4 is 23.1 Å². The predicted octanol–water partition coefficient (Wildman–Crippen LogP) is 3.25. The van der Waals surface area contributed by atoms with Crippen LogP contribution in [-0.2, 0) is 4.79 Å². The van der Waals surface area contributed by atoms with Crippen LogP contribution in [0.25, 0.3) is 0 Å². The summed E-state index contributed by atoms with van der Waals surface area (Å²) in [5, 5.41) is 3.10. The SMILES string of the molecule is COc1ccc(NC(=O)C2CCN(c3cncnc3N3CCCC3)CC2)c(C)c1. The first kappa shape index (κ1) is 19.5. The van der Waals surface area contributed by atoms with Crippen molar-refractivity contribution in [2.45, 2.75) is 32.6 Å². The third-order valence-electron chi connectivity index (χ3n) is 5.98. The molecule has 1 aromatic heterocycles. The van der Waals surface area contributed by atoms with Gasteiger partial charge in [-0.2, -0.15) is 0 Å². The lowest BCUT2D eigenvalue weighted by atomic mass is 9.95. The summed E-state index contributed by atoms with van der Waals surface area (Å²) in [5.74, 6) is 1.96. The van der Waals surface area contributed by atoms with Gasteiger partial charge in [-0.1, -0.05) is 0 Å². The number of anilines is 3. The van der Waals surface area contributed by atoms with E-state index in [9.17, 15) is 4.79 Å². The largest absolute Gasteiger partial charge is 0.497 e. The first-order valence-corrected chi connectivity index (χ1v) is 10.4. The van der Waals surface area contributed by atoms with Gasteiger partial charge in [0.15, 0.2) is 5.82 Å². The number of hydrogen-bond acceptors (Lipinski definition) is 6. The van der Waals surface area contributed by atoms with E-state index in [2.05, 4.69) is 25.1 Å². The fraction of sp³-hybridized carbons (Fsp3) is 0.500. The molecule has 7 nitrogen and oxygen atoms in total. The van der Waals surface area contributed by atoms with Crippen molar-refractivity contribution in [3.8, 4) is 5.75 Å². The summed E-state index contributed by atoms with van der Waals surface area (Å²) < 4.78 is 5.24. The van der Waals surface area contributed by atoms with Crippen molar-refractivity contribution in [3.05, 3.63) is 36.3 Å². The van der Waals surface area contributed by atoms with Gasteiger partial charge in [-0.15, -0.1) is 0 Å². The third-order valence-corrected chi connectivity index (χ3v) is 5.98. The highest BCUT2D eigenvalue weighted by Gasteiger charge is 2.28. The zero-order valence-corrected chi connectivity index (χ0v) is 17.2. The van der Waals surface area contributed by atoms with Gasteiger partial charge in [-0.3, -0.25) is 4.79 Å². The monoisotopic (exact) mass is 395 g/mol. The molecular weight excluding hydrogens is 366 g/mol. The minimum absolute atomic E-state index is 0.0209. The molecule has 0 bridgehead atoms. The van der Waals surface area contributed by atoms with E-state index in [0.29, 0.717) is 0 Å². The average Bonchev–Trinajstić information content (AvgIpc) is 3.30. The van der Waals surface area contributed by atoms with Gasteiger partial charge >= 0.3 is 0 Å². The lowest BCUT2D eigenvalue weighted by molar-refractivity contribution is -0.120.